The molecule has 1 aromatic rings. The molecule has 1 saturated heterocycles. The number of rotatable bonds is 2. The summed E-state index contributed by atoms with van der Waals surface area (Å²) in [7, 11) is 1.83. The molecule has 1 aromatic heterocycles. The van der Waals surface area contributed by atoms with Gasteiger partial charge in [-0.3, -0.25) is 0 Å². The zero-order valence-corrected chi connectivity index (χ0v) is 10.2. The average Bonchev–Trinajstić information content (AvgIpc) is 2.73. The molecule has 0 radical (unpaired) electrons. The lowest BCUT2D eigenvalue weighted by atomic mass is 9.94. The van der Waals surface area contributed by atoms with Crippen molar-refractivity contribution < 1.29 is 27.5 Å². The third-order valence-corrected chi connectivity index (χ3v) is 3.10. The van der Waals surface area contributed by atoms with Gasteiger partial charge in [-0.15, -0.1) is 0 Å². The number of hydrogen-bond acceptors (Lipinski definition) is 4. The minimum Gasteiger partial charge on any atom is -0.475 e. The maximum atomic E-state index is 12.5. The Morgan fingerprint density at radius 1 is 1.53 bits per heavy atom. The summed E-state index contributed by atoms with van der Waals surface area (Å²) in [6.07, 6.45) is -3.38. The van der Waals surface area contributed by atoms with E-state index in [0.717, 1.165) is 13.0 Å². The van der Waals surface area contributed by atoms with Gasteiger partial charge in [-0.05, 0) is 26.4 Å². The predicted molar refractivity (Wildman–Crippen MR) is 57.9 cm³/mol. The minimum absolute atomic E-state index is 0.105. The van der Waals surface area contributed by atoms with Crippen LogP contribution in [0.15, 0.2) is 4.42 Å². The molecule has 2 rings (SSSR count). The van der Waals surface area contributed by atoms with Gasteiger partial charge >= 0.3 is 18.0 Å². The Hall–Kier alpha value is -1.57. The molecule has 0 aliphatic carbocycles. The second kappa shape index (κ2) is 4.84. The third kappa shape index (κ3) is 2.89. The third-order valence-electron chi connectivity index (χ3n) is 3.10. The van der Waals surface area contributed by atoms with Crippen LogP contribution >= 0.6 is 0 Å². The molecule has 1 atom stereocenters. The second-order valence-corrected chi connectivity index (χ2v) is 4.64. The molecular formula is C11H13F3N2O3. The standard InChI is InChI=1S/C11H13F3N2O3/c1-16-4-2-3-6(5-16)7-8(9(17)18)19-10(15-7)11(12,13)14/h6H,2-5H2,1H3,(H,17,18). The van der Waals surface area contributed by atoms with Gasteiger partial charge in [-0.1, -0.05) is 0 Å². The van der Waals surface area contributed by atoms with Crippen molar-refractivity contribution in [2.45, 2.75) is 24.9 Å². The van der Waals surface area contributed by atoms with E-state index in [2.05, 4.69) is 9.40 Å². The fourth-order valence-electron chi connectivity index (χ4n) is 2.27. The maximum absolute atomic E-state index is 12.5. The summed E-state index contributed by atoms with van der Waals surface area (Å²) in [6.45, 7) is 1.31. The highest BCUT2D eigenvalue weighted by atomic mass is 19.4. The second-order valence-electron chi connectivity index (χ2n) is 4.64. The van der Waals surface area contributed by atoms with Gasteiger partial charge in [0.2, 0.25) is 5.76 Å². The number of aromatic nitrogens is 1. The van der Waals surface area contributed by atoms with E-state index in [4.69, 9.17) is 5.11 Å². The van der Waals surface area contributed by atoms with Crippen molar-refractivity contribution >= 4 is 5.97 Å². The quantitative estimate of drug-likeness (QED) is 0.898. The van der Waals surface area contributed by atoms with Crippen molar-refractivity contribution in [3.8, 4) is 0 Å². The highest BCUT2D eigenvalue weighted by molar-refractivity contribution is 5.85. The molecule has 0 bridgehead atoms. The van der Waals surface area contributed by atoms with Gasteiger partial charge in [0.05, 0.1) is 5.69 Å². The van der Waals surface area contributed by atoms with Crippen molar-refractivity contribution in [1.82, 2.24) is 9.88 Å². The lowest BCUT2D eigenvalue weighted by Gasteiger charge is -2.28. The Morgan fingerprint density at radius 3 is 2.74 bits per heavy atom. The number of oxazole rings is 1. The summed E-state index contributed by atoms with van der Waals surface area (Å²) in [5.74, 6) is -4.06. The topological polar surface area (TPSA) is 66.6 Å². The largest absolute Gasteiger partial charge is 0.475 e. The van der Waals surface area contributed by atoms with E-state index < -0.39 is 23.8 Å². The van der Waals surface area contributed by atoms with Gasteiger partial charge in [0.1, 0.15) is 0 Å². The summed E-state index contributed by atoms with van der Waals surface area (Å²) in [5, 5.41) is 8.93. The molecule has 2 heterocycles. The number of halogens is 3. The van der Waals surface area contributed by atoms with E-state index in [1.165, 1.54) is 0 Å². The number of likely N-dealkylation sites (N-methyl/N-ethyl adjacent to an activating group) is 1. The SMILES string of the molecule is CN1CCCC(c2nc(C(F)(F)F)oc2C(=O)O)C1. The van der Waals surface area contributed by atoms with Crippen LogP contribution in [0.5, 0.6) is 0 Å². The number of piperidine rings is 1. The molecule has 1 aliphatic heterocycles. The van der Waals surface area contributed by atoms with Crippen molar-refractivity contribution in [2.24, 2.45) is 0 Å². The van der Waals surface area contributed by atoms with E-state index in [1.54, 1.807) is 0 Å². The lowest BCUT2D eigenvalue weighted by Crippen LogP contribution is -2.31. The van der Waals surface area contributed by atoms with Crippen LogP contribution in [-0.4, -0.2) is 41.1 Å². The molecule has 0 saturated carbocycles. The van der Waals surface area contributed by atoms with Crippen LogP contribution in [0.25, 0.3) is 0 Å². The van der Waals surface area contributed by atoms with Crippen molar-refractivity contribution in [2.75, 3.05) is 20.1 Å². The van der Waals surface area contributed by atoms with Crippen LogP contribution in [0, 0.1) is 0 Å². The molecule has 1 unspecified atom stereocenters. The first kappa shape index (κ1) is 13.9. The van der Waals surface area contributed by atoms with Crippen molar-refractivity contribution in [3.05, 3.63) is 17.3 Å². The van der Waals surface area contributed by atoms with E-state index >= 15 is 0 Å². The highest BCUT2D eigenvalue weighted by Crippen LogP contribution is 2.34. The minimum atomic E-state index is -4.77. The summed E-state index contributed by atoms with van der Waals surface area (Å²) in [4.78, 5) is 16.3. The molecule has 0 aromatic carbocycles. The van der Waals surface area contributed by atoms with Gasteiger partial charge in [0.15, 0.2) is 0 Å². The number of aromatic carboxylic acids is 1. The van der Waals surface area contributed by atoms with Crippen LogP contribution in [0.1, 0.15) is 40.9 Å². The number of carbonyl (C=O) groups is 1. The first-order valence-corrected chi connectivity index (χ1v) is 5.78. The zero-order chi connectivity index (χ0) is 14.2. The molecule has 1 fully saturated rings. The summed E-state index contributed by atoms with van der Waals surface area (Å²) < 4.78 is 42.0. The average molecular weight is 278 g/mol. The Labute approximate surface area is 107 Å². The van der Waals surface area contributed by atoms with Gasteiger partial charge in [0.25, 0.3) is 0 Å². The number of nitrogens with zero attached hydrogens (tertiary/aromatic N) is 2. The van der Waals surface area contributed by atoms with Crippen LogP contribution in [0.2, 0.25) is 0 Å². The molecule has 19 heavy (non-hydrogen) atoms. The van der Waals surface area contributed by atoms with Gasteiger partial charge in [0, 0.05) is 12.5 Å². The van der Waals surface area contributed by atoms with E-state index in [9.17, 15) is 18.0 Å². The molecular weight excluding hydrogens is 265 g/mol. The predicted octanol–water partition coefficient (Wildman–Crippen LogP) is 2.20. The molecule has 106 valence electrons. The molecule has 1 aliphatic rings. The Kier molecular flexibility index (Phi) is 3.53. The van der Waals surface area contributed by atoms with Crippen LogP contribution in [0.3, 0.4) is 0 Å². The molecule has 1 N–H and O–H groups in total. The van der Waals surface area contributed by atoms with Crippen molar-refractivity contribution in [1.29, 1.82) is 0 Å². The smallest absolute Gasteiger partial charge is 0.468 e. The van der Waals surface area contributed by atoms with Gasteiger partial charge in [-0.25, -0.2) is 9.78 Å². The first-order valence-electron chi connectivity index (χ1n) is 5.78. The van der Waals surface area contributed by atoms with Crippen molar-refractivity contribution in [3.63, 3.8) is 0 Å². The summed E-state index contributed by atoms with van der Waals surface area (Å²) in [6, 6.07) is 0. The maximum Gasteiger partial charge on any atom is 0.468 e. The number of alkyl halides is 3. The molecule has 5 nitrogen and oxygen atoms in total. The number of likely N-dealkylation sites (tertiary alicyclic amines) is 1. The molecule has 8 heteroatoms. The summed E-state index contributed by atoms with van der Waals surface area (Å²) in [5.41, 5.74) is -0.105. The fourth-order valence-corrected chi connectivity index (χ4v) is 2.27. The van der Waals surface area contributed by atoms with Crippen LogP contribution in [0.4, 0.5) is 13.2 Å². The number of carboxylic acid groups (broad SMARTS) is 1. The van der Waals surface area contributed by atoms with Gasteiger partial charge in [-0.2, -0.15) is 13.2 Å². The van der Waals surface area contributed by atoms with Crippen LogP contribution in [-0.2, 0) is 6.18 Å². The molecule has 0 amide bonds. The fraction of sp³-hybridized carbons (Fsp3) is 0.636. The highest BCUT2D eigenvalue weighted by Gasteiger charge is 2.41. The Morgan fingerprint density at radius 2 is 2.21 bits per heavy atom. The Bertz CT molecular complexity index is 484. The van der Waals surface area contributed by atoms with E-state index in [0.29, 0.717) is 13.0 Å². The van der Waals surface area contributed by atoms with E-state index in [1.807, 2.05) is 11.9 Å². The zero-order valence-electron chi connectivity index (χ0n) is 10.2. The normalized spacial score (nSPS) is 21.6. The Balaban J connectivity index is 2.37. The summed E-state index contributed by atoms with van der Waals surface area (Å²) >= 11 is 0. The monoisotopic (exact) mass is 278 g/mol. The number of hydrogen-bond donors (Lipinski definition) is 1. The first-order chi connectivity index (χ1) is 8.79. The van der Waals surface area contributed by atoms with Gasteiger partial charge < -0.3 is 14.4 Å². The molecule has 0 spiro atoms. The van der Waals surface area contributed by atoms with E-state index in [-0.39, 0.29) is 11.6 Å². The van der Waals surface area contributed by atoms with Crippen LogP contribution < -0.4 is 0 Å². The lowest BCUT2D eigenvalue weighted by molar-refractivity contribution is -0.157. The number of carboxylic acids is 1.